The van der Waals surface area contributed by atoms with Gasteiger partial charge in [0.15, 0.2) is 0 Å². The van der Waals surface area contributed by atoms with E-state index in [-0.39, 0.29) is 5.91 Å². The molecule has 134 valence electrons. The second kappa shape index (κ2) is 7.68. The number of aromatic amines is 1. The van der Waals surface area contributed by atoms with E-state index in [1.165, 1.54) is 5.56 Å². The summed E-state index contributed by atoms with van der Waals surface area (Å²) in [6, 6.07) is 12.2. The number of nitrogens with zero attached hydrogens (tertiary/aromatic N) is 3. The molecule has 1 fully saturated rings. The minimum absolute atomic E-state index is 0.243. The largest absolute Gasteiger partial charge is 0.343 e. The Labute approximate surface area is 153 Å². The standard InChI is InChI=1S/C21H24N4O/c26-21(6-5-20-23-18-3-1-2-4-19(18)24-20)25-13-9-17(10-14-25)15-16-7-11-22-12-8-16/h1-4,7-8,11-12,17H,5-6,9-10,13-15H2,(H,23,24). The third-order valence-electron chi connectivity index (χ3n) is 5.26. The van der Waals surface area contributed by atoms with E-state index in [0.29, 0.717) is 18.8 Å². The van der Waals surface area contributed by atoms with E-state index >= 15 is 0 Å². The number of likely N-dealkylation sites (tertiary alicyclic amines) is 1. The molecule has 0 radical (unpaired) electrons. The highest BCUT2D eigenvalue weighted by Gasteiger charge is 2.23. The van der Waals surface area contributed by atoms with Gasteiger partial charge in [-0.15, -0.1) is 0 Å². The maximum Gasteiger partial charge on any atom is 0.223 e. The van der Waals surface area contributed by atoms with Crippen LogP contribution in [0.4, 0.5) is 0 Å². The normalized spacial score (nSPS) is 15.5. The van der Waals surface area contributed by atoms with Crippen molar-refractivity contribution < 1.29 is 4.79 Å². The Morgan fingerprint density at radius 1 is 1.12 bits per heavy atom. The van der Waals surface area contributed by atoms with Gasteiger partial charge >= 0.3 is 0 Å². The number of rotatable bonds is 5. The van der Waals surface area contributed by atoms with Gasteiger partial charge in [-0.25, -0.2) is 4.98 Å². The highest BCUT2D eigenvalue weighted by Crippen LogP contribution is 2.22. The fourth-order valence-electron chi connectivity index (χ4n) is 3.75. The smallest absolute Gasteiger partial charge is 0.223 e. The maximum absolute atomic E-state index is 12.5. The number of pyridine rings is 1. The second-order valence-corrected chi connectivity index (χ2v) is 7.08. The SMILES string of the molecule is O=C(CCc1nc2ccccc2[nH]1)N1CCC(Cc2ccncc2)CC1. The zero-order valence-electron chi connectivity index (χ0n) is 14.9. The van der Waals surface area contributed by atoms with E-state index in [1.807, 2.05) is 41.6 Å². The molecule has 5 heteroatoms. The molecule has 1 aliphatic rings. The van der Waals surface area contributed by atoms with Gasteiger partial charge in [0.25, 0.3) is 0 Å². The average molecular weight is 348 g/mol. The summed E-state index contributed by atoms with van der Waals surface area (Å²) < 4.78 is 0. The topological polar surface area (TPSA) is 61.9 Å². The van der Waals surface area contributed by atoms with E-state index < -0.39 is 0 Å². The highest BCUT2D eigenvalue weighted by atomic mass is 16.2. The van der Waals surface area contributed by atoms with Crippen molar-refractivity contribution in [1.82, 2.24) is 19.9 Å². The summed E-state index contributed by atoms with van der Waals surface area (Å²) in [7, 11) is 0. The third kappa shape index (κ3) is 3.93. The Bertz CT molecular complexity index is 833. The molecule has 26 heavy (non-hydrogen) atoms. The lowest BCUT2D eigenvalue weighted by molar-refractivity contribution is -0.132. The summed E-state index contributed by atoms with van der Waals surface area (Å²) in [5.74, 6) is 1.80. The van der Waals surface area contributed by atoms with Gasteiger partial charge in [0.1, 0.15) is 5.82 Å². The molecular weight excluding hydrogens is 324 g/mol. The van der Waals surface area contributed by atoms with E-state index in [4.69, 9.17) is 0 Å². The van der Waals surface area contributed by atoms with E-state index in [9.17, 15) is 4.79 Å². The predicted octanol–water partition coefficient (Wildman–Crippen LogP) is 3.37. The number of amides is 1. The quantitative estimate of drug-likeness (QED) is 0.769. The molecule has 1 aliphatic heterocycles. The van der Waals surface area contributed by atoms with E-state index in [2.05, 4.69) is 27.1 Å². The molecule has 4 rings (SSSR count). The Balaban J connectivity index is 1.25. The summed E-state index contributed by atoms with van der Waals surface area (Å²) in [5, 5.41) is 0. The summed E-state index contributed by atoms with van der Waals surface area (Å²) in [6.07, 6.45) is 8.15. The van der Waals surface area contributed by atoms with Crippen LogP contribution in [0.3, 0.4) is 0 Å². The van der Waals surface area contributed by atoms with Crippen LogP contribution in [0.1, 0.15) is 30.7 Å². The van der Waals surface area contributed by atoms with Crippen molar-refractivity contribution in [2.24, 2.45) is 5.92 Å². The number of hydrogen-bond donors (Lipinski definition) is 1. The van der Waals surface area contributed by atoms with Crippen LogP contribution in [0, 0.1) is 5.92 Å². The number of carbonyl (C=O) groups is 1. The predicted molar refractivity (Wildman–Crippen MR) is 102 cm³/mol. The number of H-pyrrole nitrogens is 1. The summed E-state index contributed by atoms with van der Waals surface area (Å²) in [5.41, 5.74) is 3.34. The Morgan fingerprint density at radius 3 is 2.65 bits per heavy atom. The molecule has 0 atom stereocenters. The van der Waals surface area contributed by atoms with Crippen LogP contribution in [0.25, 0.3) is 11.0 Å². The Kier molecular flexibility index (Phi) is 4.95. The zero-order chi connectivity index (χ0) is 17.8. The van der Waals surface area contributed by atoms with Crippen molar-refractivity contribution in [3.8, 4) is 0 Å². The molecule has 1 aromatic carbocycles. The number of nitrogens with one attached hydrogen (secondary N) is 1. The molecular formula is C21H24N4O. The van der Waals surface area contributed by atoms with Gasteiger partial charge < -0.3 is 9.88 Å². The van der Waals surface area contributed by atoms with Crippen LogP contribution >= 0.6 is 0 Å². The first-order valence-electron chi connectivity index (χ1n) is 9.38. The molecule has 5 nitrogen and oxygen atoms in total. The van der Waals surface area contributed by atoms with Crippen LogP contribution in [-0.4, -0.2) is 38.8 Å². The number of hydrogen-bond acceptors (Lipinski definition) is 3. The van der Waals surface area contributed by atoms with Crippen molar-refractivity contribution >= 4 is 16.9 Å². The number of benzene rings is 1. The molecule has 0 aliphatic carbocycles. The summed E-state index contributed by atoms with van der Waals surface area (Å²) in [6.45, 7) is 1.74. The number of carbonyl (C=O) groups excluding carboxylic acids is 1. The van der Waals surface area contributed by atoms with Gasteiger partial charge in [0, 0.05) is 38.3 Å². The minimum Gasteiger partial charge on any atom is -0.343 e. The van der Waals surface area contributed by atoms with Crippen molar-refractivity contribution in [3.63, 3.8) is 0 Å². The first-order chi connectivity index (χ1) is 12.8. The lowest BCUT2D eigenvalue weighted by Gasteiger charge is -2.32. The van der Waals surface area contributed by atoms with Gasteiger partial charge in [-0.1, -0.05) is 12.1 Å². The summed E-state index contributed by atoms with van der Waals surface area (Å²) >= 11 is 0. The number of aromatic nitrogens is 3. The second-order valence-electron chi connectivity index (χ2n) is 7.08. The fraction of sp³-hybridized carbons (Fsp3) is 0.381. The first kappa shape index (κ1) is 16.8. The fourth-order valence-corrected chi connectivity index (χ4v) is 3.75. The molecule has 3 aromatic rings. The number of para-hydroxylation sites is 2. The average Bonchev–Trinajstić information content (AvgIpc) is 3.10. The van der Waals surface area contributed by atoms with Gasteiger partial charge in [0.05, 0.1) is 11.0 Å². The van der Waals surface area contributed by atoms with Crippen LogP contribution in [0.2, 0.25) is 0 Å². The van der Waals surface area contributed by atoms with Crippen molar-refractivity contribution in [2.75, 3.05) is 13.1 Å². The van der Waals surface area contributed by atoms with Crippen LogP contribution in [0.15, 0.2) is 48.8 Å². The minimum atomic E-state index is 0.243. The lowest BCUT2D eigenvalue weighted by Crippen LogP contribution is -2.39. The lowest BCUT2D eigenvalue weighted by atomic mass is 9.90. The number of piperidine rings is 1. The molecule has 0 spiro atoms. The number of aryl methyl sites for hydroxylation is 1. The van der Waals surface area contributed by atoms with Crippen LogP contribution in [-0.2, 0) is 17.6 Å². The van der Waals surface area contributed by atoms with Gasteiger partial charge in [-0.05, 0) is 55.0 Å². The molecule has 1 amide bonds. The zero-order valence-corrected chi connectivity index (χ0v) is 14.9. The maximum atomic E-state index is 12.5. The number of fused-ring (bicyclic) bond motifs is 1. The van der Waals surface area contributed by atoms with Crippen LogP contribution < -0.4 is 0 Å². The molecule has 1 N–H and O–H groups in total. The molecule has 0 bridgehead atoms. The molecule has 0 saturated carbocycles. The Morgan fingerprint density at radius 2 is 1.88 bits per heavy atom. The van der Waals surface area contributed by atoms with Gasteiger partial charge in [-0.3, -0.25) is 9.78 Å². The van der Waals surface area contributed by atoms with E-state index in [0.717, 1.165) is 49.2 Å². The van der Waals surface area contributed by atoms with E-state index in [1.54, 1.807) is 0 Å². The summed E-state index contributed by atoms with van der Waals surface area (Å²) in [4.78, 5) is 26.5. The molecule has 3 heterocycles. The number of imidazole rings is 1. The molecule has 1 saturated heterocycles. The van der Waals surface area contributed by atoms with Crippen LogP contribution in [0.5, 0.6) is 0 Å². The molecule has 0 unspecified atom stereocenters. The highest BCUT2D eigenvalue weighted by molar-refractivity contribution is 5.77. The van der Waals surface area contributed by atoms with Crippen molar-refractivity contribution in [3.05, 3.63) is 60.2 Å². The van der Waals surface area contributed by atoms with Gasteiger partial charge in [0.2, 0.25) is 5.91 Å². The third-order valence-corrected chi connectivity index (χ3v) is 5.26. The first-order valence-corrected chi connectivity index (χ1v) is 9.38. The molecule has 2 aromatic heterocycles. The monoisotopic (exact) mass is 348 g/mol. The van der Waals surface area contributed by atoms with Crippen molar-refractivity contribution in [1.29, 1.82) is 0 Å². The van der Waals surface area contributed by atoms with Crippen molar-refractivity contribution in [2.45, 2.75) is 32.1 Å². The Hall–Kier alpha value is -2.69. The van der Waals surface area contributed by atoms with Gasteiger partial charge in [-0.2, -0.15) is 0 Å².